The van der Waals surface area contributed by atoms with E-state index < -0.39 is 0 Å². The Hall–Kier alpha value is -6.73. The minimum Gasteiger partial charge on any atom is -0.456 e. The van der Waals surface area contributed by atoms with Crippen molar-refractivity contribution in [1.82, 2.24) is 4.98 Å². The Morgan fingerprint density at radius 2 is 1.00 bits per heavy atom. The van der Waals surface area contributed by atoms with Gasteiger partial charge in [-0.25, -0.2) is 4.98 Å². The number of anilines is 3. The normalized spacial score (nSPS) is 12.0. The smallest absolute Gasteiger partial charge is 0.227 e. The fraction of sp³-hybridized carbons (Fsp3) is 0. The third-order valence-electron chi connectivity index (χ3n) is 10.7. The Morgan fingerprint density at radius 3 is 1.69 bits per heavy atom. The Kier molecular flexibility index (Phi) is 6.64. The Bertz CT molecular complexity index is 3330. The van der Waals surface area contributed by atoms with Gasteiger partial charge in [0.1, 0.15) is 16.7 Å². The van der Waals surface area contributed by atoms with Crippen LogP contribution >= 0.6 is 22.7 Å². The minimum absolute atomic E-state index is 0.607. The number of hydrogen-bond donors (Lipinski definition) is 0. The first-order chi connectivity index (χ1) is 27.2. The van der Waals surface area contributed by atoms with Gasteiger partial charge in [0.25, 0.3) is 0 Å². The summed E-state index contributed by atoms with van der Waals surface area (Å²) in [7, 11) is 0. The Labute approximate surface area is 322 Å². The van der Waals surface area contributed by atoms with E-state index >= 15 is 0 Å². The van der Waals surface area contributed by atoms with Gasteiger partial charge in [0, 0.05) is 68.4 Å². The lowest BCUT2D eigenvalue weighted by molar-refractivity contribution is 0.622. The van der Waals surface area contributed by atoms with E-state index in [0.717, 1.165) is 66.8 Å². The summed E-state index contributed by atoms with van der Waals surface area (Å²) in [5.74, 6) is 0.607. The van der Waals surface area contributed by atoms with E-state index in [0.29, 0.717) is 5.89 Å². The van der Waals surface area contributed by atoms with Crippen molar-refractivity contribution >= 4 is 113 Å². The number of rotatable bonds is 5. The van der Waals surface area contributed by atoms with E-state index in [1.807, 2.05) is 65.1 Å². The zero-order chi connectivity index (χ0) is 36.0. The van der Waals surface area contributed by atoms with Crippen molar-refractivity contribution in [3.05, 3.63) is 170 Å². The van der Waals surface area contributed by atoms with Gasteiger partial charge in [-0.1, -0.05) is 72.8 Å². The average Bonchev–Trinajstić information content (AvgIpc) is 4.02. The number of hydrogen-bond acceptors (Lipinski definition) is 6. The summed E-state index contributed by atoms with van der Waals surface area (Å²) in [6.07, 6.45) is 0. The van der Waals surface area contributed by atoms with Crippen molar-refractivity contribution < 1.29 is 8.83 Å². The number of fused-ring (bicyclic) bond motifs is 11. The van der Waals surface area contributed by atoms with Crippen LogP contribution in [0.3, 0.4) is 0 Å². The maximum atomic E-state index is 6.44. The zero-order valence-electron chi connectivity index (χ0n) is 29.2. The van der Waals surface area contributed by atoms with Crippen LogP contribution in [-0.2, 0) is 0 Å². The maximum absolute atomic E-state index is 6.44. The van der Waals surface area contributed by atoms with Crippen LogP contribution in [0.1, 0.15) is 0 Å². The topological polar surface area (TPSA) is 42.4 Å². The van der Waals surface area contributed by atoms with Crippen molar-refractivity contribution in [2.75, 3.05) is 4.90 Å². The molecule has 8 aromatic carbocycles. The fourth-order valence-electron chi connectivity index (χ4n) is 8.09. The van der Waals surface area contributed by atoms with Crippen LogP contribution in [0.15, 0.2) is 179 Å². The quantitative estimate of drug-likeness (QED) is 0.176. The van der Waals surface area contributed by atoms with Gasteiger partial charge in [0.15, 0.2) is 5.58 Å². The molecule has 0 atom stereocenters. The van der Waals surface area contributed by atoms with Gasteiger partial charge in [-0.15, -0.1) is 22.7 Å². The molecule has 0 fully saturated rings. The first-order valence-corrected chi connectivity index (χ1v) is 19.9. The molecule has 4 heterocycles. The van der Waals surface area contributed by atoms with Crippen molar-refractivity contribution in [2.45, 2.75) is 0 Å². The molecule has 0 aliphatic rings. The first kappa shape index (κ1) is 30.7. The zero-order valence-corrected chi connectivity index (χ0v) is 30.8. The summed E-state index contributed by atoms with van der Waals surface area (Å²) in [6, 6.07) is 60.4. The van der Waals surface area contributed by atoms with E-state index in [9.17, 15) is 0 Å². The van der Waals surface area contributed by atoms with Gasteiger partial charge < -0.3 is 13.7 Å². The summed E-state index contributed by atoms with van der Waals surface area (Å²) >= 11 is 3.69. The molecule has 0 saturated heterocycles. The number of nitrogens with zero attached hydrogens (tertiary/aromatic N) is 2. The van der Waals surface area contributed by atoms with Crippen molar-refractivity contribution in [3.8, 4) is 22.6 Å². The molecule has 6 heteroatoms. The van der Waals surface area contributed by atoms with Crippen LogP contribution in [0, 0.1) is 0 Å². The van der Waals surface area contributed by atoms with Gasteiger partial charge in [-0.3, -0.25) is 0 Å². The lowest BCUT2D eigenvalue weighted by Crippen LogP contribution is -2.09. The van der Waals surface area contributed by atoms with Gasteiger partial charge in [0.2, 0.25) is 5.89 Å². The van der Waals surface area contributed by atoms with Gasteiger partial charge in [-0.05, 0) is 108 Å². The average molecular weight is 741 g/mol. The Morgan fingerprint density at radius 1 is 0.400 bits per heavy atom. The largest absolute Gasteiger partial charge is 0.456 e. The summed E-state index contributed by atoms with van der Waals surface area (Å²) in [6.45, 7) is 0. The van der Waals surface area contributed by atoms with E-state index in [2.05, 4.69) is 132 Å². The number of thiophene rings is 2. The van der Waals surface area contributed by atoms with E-state index in [1.165, 1.54) is 40.3 Å². The molecule has 0 aliphatic heterocycles. The van der Waals surface area contributed by atoms with E-state index in [4.69, 9.17) is 13.8 Å². The number of benzene rings is 8. The standard InChI is InChI=1S/C49H28N2O2S2/c1-2-8-30(9-3-1)49-50-40-22-23-41-47(48(40)53-49)37-21-16-31(26-42(37)52-41)29-14-17-32(18-15-29)51(33-19-24-45-38(27-33)35-10-4-6-12-43(35)54-45)34-20-25-46-39(28-34)36-11-5-7-13-44(36)55-46/h1-28H. The minimum atomic E-state index is 0.607. The van der Waals surface area contributed by atoms with Crippen molar-refractivity contribution in [2.24, 2.45) is 0 Å². The van der Waals surface area contributed by atoms with Crippen LogP contribution in [-0.4, -0.2) is 4.98 Å². The molecule has 55 heavy (non-hydrogen) atoms. The lowest BCUT2D eigenvalue weighted by atomic mass is 10.0. The highest BCUT2D eigenvalue weighted by molar-refractivity contribution is 7.26. The summed E-state index contributed by atoms with van der Waals surface area (Å²) in [4.78, 5) is 7.18. The van der Waals surface area contributed by atoms with Gasteiger partial charge in [0.05, 0.1) is 5.39 Å². The second-order valence-electron chi connectivity index (χ2n) is 13.9. The number of furan rings is 1. The Balaban J connectivity index is 0.966. The second kappa shape index (κ2) is 11.9. The molecule has 4 nitrogen and oxygen atoms in total. The van der Waals surface area contributed by atoms with E-state index in [-0.39, 0.29) is 0 Å². The molecule has 258 valence electrons. The van der Waals surface area contributed by atoms with Gasteiger partial charge in [-0.2, -0.15) is 0 Å². The predicted molar refractivity (Wildman–Crippen MR) is 233 cm³/mol. The molecule has 12 aromatic rings. The highest BCUT2D eigenvalue weighted by Gasteiger charge is 2.19. The molecule has 0 saturated carbocycles. The van der Waals surface area contributed by atoms with Crippen LogP contribution in [0.4, 0.5) is 17.1 Å². The van der Waals surface area contributed by atoms with Crippen molar-refractivity contribution in [3.63, 3.8) is 0 Å². The second-order valence-corrected chi connectivity index (χ2v) is 16.1. The third-order valence-corrected chi connectivity index (χ3v) is 13.0. The van der Waals surface area contributed by atoms with Crippen LogP contribution in [0.2, 0.25) is 0 Å². The predicted octanol–water partition coefficient (Wildman–Crippen LogP) is 15.3. The molecular formula is C49H28N2O2S2. The molecule has 0 radical (unpaired) electrons. The molecule has 0 unspecified atom stereocenters. The van der Waals surface area contributed by atoms with Crippen LogP contribution in [0.5, 0.6) is 0 Å². The lowest BCUT2D eigenvalue weighted by Gasteiger charge is -2.26. The molecule has 0 bridgehead atoms. The SMILES string of the molecule is c1ccc(-c2nc3ccc4oc5cc(-c6ccc(N(c7ccc8sc9ccccc9c8c7)c7ccc8sc9ccccc9c8c7)cc6)ccc5c4c3o2)cc1. The molecule has 0 aliphatic carbocycles. The first-order valence-electron chi connectivity index (χ1n) is 18.3. The summed E-state index contributed by atoms with van der Waals surface area (Å²) in [5.41, 5.74) is 9.65. The molecule has 0 amide bonds. The molecule has 12 rings (SSSR count). The summed E-state index contributed by atoms with van der Waals surface area (Å²) < 4.78 is 18.0. The number of aromatic nitrogens is 1. The van der Waals surface area contributed by atoms with E-state index in [1.54, 1.807) is 0 Å². The van der Waals surface area contributed by atoms with Crippen molar-refractivity contribution in [1.29, 1.82) is 0 Å². The molecular weight excluding hydrogens is 713 g/mol. The third kappa shape index (κ3) is 4.85. The molecule has 0 N–H and O–H groups in total. The fourth-order valence-corrected chi connectivity index (χ4v) is 10.3. The monoisotopic (exact) mass is 740 g/mol. The highest BCUT2D eigenvalue weighted by Crippen LogP contribution is 2.44. The molecule has 4 aromatic heterocycles. The van der Waals surface area contributed by atoms with Gasteiger partial charge >= 0.3 is 0 Å². The summed E-state index contributed by atoms with van der Waals surface area (Å²) in [5, 5.41) is 7.10. The highest BCUT2D eigenvalue weighted by atomic mass is 32.1. The molecule has 0 spiro atoms. The van der Waals surface area contributed by atoms with Crippen LogP contribution in [0.25, 0.3) is 96.0 Å². The number of oxazole rings is 1. The van der Waals surface area contributed by atoms with Crippen LogP contribution < -0.4 is 4.90 Å². The maximum Gasteiger partial charge on any atom is 0.227 e.